The summed E-state index contributed by atoms with van der Waals surface area (Å²) in [7, 11) is 0. The van der Waals surface area contributed by atoms with Crippen molar-refractivity contribution in [1.82, 2.24) is 5.32 Å². The zero-order valence-electron chi connectivity index (χ0n) is 11.3. The van der Waals surface area contributed by atoms with Crippen LogP contribution in [-0.4, -0.2) is 30.1 Å². The smallest absolute Gasteiger partial charge is 0.338 e. The fourth-order valence-corrected chi connectivity index (χ4v) is 2.37. The molecule has 110 valence electrons. The van der Waals surface area contributed by atoms with Crippen molar-refractivity contribution >= 4 is 35.2 Å². The van der Waals surface area contributed by atoms with Gasteiger partial charge in [0.25, 0.3) is 5.91 Å². The molecule has 1 aliphatic heterocycles. The molecule has 21 heavy (non-hydrogen) atoms. The molecular formula is C14H14N2O4S. The van der Waals surface area contributed by atoms with Crippen LogP contribution in [0.5, 0.6) is 0 Å². The highest BCUT2D eigenvalue weighted by Crippen LogP contribution is 2.18. The van der Waals surface area contributed by atoms with Crippen LogP contribution in [0.15, 0.2) is 35.4 Å². The van der Waals surface area contributed by atoms with E-state index in [2.05, 4.69) is 10.6 Å². The molecular weight excluding hydrogens is 292 g/mol. The lowest BCUT2D eigenvalue weighted by molar-refractivity contribution is -0.117. The minimum atomic E-state index is -0.400. The van der Waals surface area contributed by atoms with Gasteiger partial charge in [-0.1, -0.05) is 11.8 Å². The Kier molecular flexibility index (Phi) is 4.99. The fourth-order valence-electron chi connectivity index (χ4n) is 1.63. The number of thioether (sulfide) groups is 1. The third-order valence-electron chi connectivity index (χ3n) is 2.55. The molecule has 1 aliphatic rings. The van der Waals surface area contributed by atoms with Gasteiger partial charge in [-0.3, -0.25) is 9.59 Å². The molecule has 1 aromatic rings. The van der Waals surface area contributed by atoms with E-state index in [-0.39, 0.29) is 11.8 Å². The Bertz CT molecular complexity index is 595. The Balaban J connectivity index is 1.95. The Morgan fingerprint density at radius 2 is 2.10 bits per heavy atom. The van der Waals surface area contributed by atoms with Gasteiger partial charge in [-0.25, -0.2) is 4.79 Å². The molecule has 0 aliphatic carbocycles. The third kappa shape index (κ3) is 4.35. The maximum atomic E-state index is 11.8. The predicted molar refractivity (Wildman–Crippen MR) is 79.7 cm³/mol. The normalized spacial score (nSPS) is 15.7. The number of amides is 2. The molecule has 1 aromatic carbocycles. The highest BCUT2D eigenvalue weighted by Gasteiger charge is 2.16. The maximum absolute atomic E-state index is 11.8. The Hall–Kier alpha value is -2.28. The van der Waals surface area contributed by atoms with E-state index in [1.165, 1.54) is 17.8 Å². The van der Waals surface area contributed by atoms with Crippen LogP contribution in [0.25, 0.3) is 0 Å². The molecule has 0 spiro atoms. The van der Waals surface area contributed by atoms with Crippen LogP contribution >= 0.6 is 11.8 Å². The molecule has 1 heterocycles. The van der Waals surface area contributed by atoms with Crippen molar-refractivity contribution in [2.24, 2.45) is 0 Å². The second-order valence-electron chi connectivity index (χ2n) is 4.13. The summed E-state index contributed by atoms with van der Waals surface area (Å²) in [5.41, 5.74) is 0.978. The molecule has 2 amide bonds. The second kappa shape index (κ2) is 6.94. The lowest BCUT2D eigenvalue weighted by atomic mass is 10.2. The zero-order valence-corrected chi connectivity index (χ0v) is 12.2. The average Bonchev–Trinajstić information content (AvgIpc) is 2.85. The summed E-state index contributed by atoms with van der Waals surface area (Å²) in [5, 5.41) is 5.75. The SMILES string of the molecule is CCOC(=O)c1ccc(NC(=O)C=C2NC(=O)CS2)cc1. The first kappa shape index (κ1) is 15.1. The van der Waals surface area contributed by atoms with Gasteiger partial charge < -0.3 is 15.4 Å². The van der Waals surface area contributed by atoms with E-state index in [0.29, 0.717) is 28.6 Å². The molecule has 2 rings (SSSR count). The number of carbonyl (C=O) groups excluding carboxylic acids is 3. The molecule has 0 unspecified atom stereocenters. The van der Waals surface area contributed by atoms with Crippen LogP contribution in [-0.2, 0) is 14.3 Å². The van der Waals surface area contributed by atoms with E-state index in [0.717, 1.165) is 0 Å². The first-order valence-electron chi connectivity index (χ1n) is 6.31. The number of nitrogens with one attached hydrogen (secondary N) is 2. The molecule has 2 N–H and O–H groups in total. The van der Waals surface area contributed by atoms with Crippen LogP contribution in [0, 0.1) is 0 Å². The molecule has 0 bridgehead atoms. The molecule has 1 saturated heterocycles. The number of benzene rings is 1. The van der Waals surface area contributed by atoms with Gasteiger partial charge in [-0.05, 0) is 31.2 Å². The summed E-state index contributed by atoms with van der Waals surface area (Å²) < 4.78 is 4.87. The summed E-state index contributed by atoms with van der Waals surface area (Å²) in [6.45, 7) is 2.05. The number of carbonyl (C=O) groups is 3. The summed E-state index contributed by atoms with van der Waals surface area (Å²) in [4.78, 5) is 34.2. The van der Waals surface area contributed by atoms with E-state index in [1.807, 2.05) is 0 Å². The lowest BCUT2D eigenvalue weighted by Crippen LogP contribution is -2.16. The maximum Gasteiger partial charge on any atom is 0.338 e. The van der Waals surface area contributed by atoms with Crippen molar-refractivity contribution in [3.8, 4) is 0 Å². The van der Waals surface area contributed by atoms with Gasteiger partial charge in [0.1, 0.15) is 0 Å². The van der Waals surface area contributed by atoms with E-state index in [9.17, 15) is 14.4 Å². The van der Waals surface area contributed by atoms with Crippen LogP contribution in [0.1, 0.15) is 17.3 Å². The Morgan fingerprint density at radius 3 is 2.67 bits per heavy atom. The van der Waals surface area contributed by atoms with Crippen molar-refractivity contribution in [3.63, 3.8) is 0 Å². The lowest BCUT2D eigenvalue weighted by Gasteiger charge is -2.05. The van der Waals surface area contributed by atoms with Crippen LogP contribution in [0.2, 0.25) is 0 Å². The van der Waals surface area contributed by atoms with E-state index in [1.54, 1.807) is 31.2 Å². The highest BCUT2D eigenvalue weighted by molar-refractivity contribution is 8.04. The zero-order chi connectivity index (χ0) is 15.2. The molecule has 0 atom stereocenters. The van der Waals surface area contributed by atoms with E-state index < -0.39 is 5.97 Å². The van der Waals surface area contributed by atoms with Gasteiger partial charge in [-0.15, -0.1) is 0 Å². The summed E-state index contributed by atoms with van der Waals surface area (Å²) in [5.74, 6) is -0.531. The first-order valence-corrected chi connectivity index (χ1v) is 7.29. The Labute approximate surface area is 125 Å². The fraction of sp³-hybridized carbons (Fsp3) is 0.214. The first-order chi connectivity index (χ1) is 10.1. The van der Waals surface area contributed by atoms with Gasteiger partial charge in [0, 0.05) is 11.8 Å². The molecule has 6 nitrogen and oxygen atoms in total. The van der Waals surface area contributed by atoms with Gasteiger partial charge in [0.05, 0.1) is 23.0 Å². The van der Waals surface area contributed by atoms with Crippen LogP contribution < -0.4 is 10.6 Å². The topological polar surface area (TPSA) is 84.5 Å². The van der Waals surface area contributed by atoms with E-state index >= 15 is 0 Å². The molecule has 0 aromatic heterocycles. The second-order valence-corrected chi connectivity index (χ2v) is 5.15. The molecule has 1 fully saturated rings. The molecule has 7 heteroatoms. The molecule has 0 saturated carbocycles. The van der Waals surface area contributed by atoms with E-state index in [4.69, 9.17) is 4.74 Å². The van der Waals surface area contributed by atoms with Crippen molar-refractivity contribution in [2.75, 3.05) is 17.7 Å². The van der Waals surface area contributed by atoms with Crippen LogP contribution in [0.4, 0.5) is 5.69 Å². The highest BCUT2D eigenvalue weighted by atomic mass is 32.2. The summed E-state index contributed by atoms with van der Waals surface area (Å²) >= 11 is 1.28. The average molecular weight is 306 g/mol. The van der Waals surface area contributed by atoms with Gasteiger partial charge >= 0.3 is 5.97 Å². The quantitative estimate of drug-likeness (QED) is 0.650. The summed E-state index contributed by atoms with van der Waals surface area (Å²) in [6, 6.07) is 6.38. The predicted octanol–water partition coefficient (Wildman–Crippen LogP) is 1.51. The number of esters is 1. The van der Waals surface area contributed by atoms with Gasteiger partial charge in [-0.2, -0.15) is 0 Å². The van der Waals surface area contributed by atoms with Crippen molar-refractivity contribution < 1.29 is 19.1 Å². The van der Waals surface area contributed by atoms with Crippen molar-refractivity contribution in [3.05, 3.63) is 40.9 Å². The van der Waals surface area contributed by atoms with Gasteiger partial charge in [0.15, 0.2) is 0 Å². The number of ether oxygens (including phenoxy) is 1. The number of hydrogen-bond acceptors (Lipinski definition) is 5. The van der Waals surface area contributed by atoms with Crippen molar-refractivity contribution in [1.29, 1.82) is 0 Å². The largest absolute Gasteiger partial charge is 0.462 e. The van der Waals surface area contributed by atoms with Crippen LogP contribution in [0.3, 0.4) is 0 Å². The summed E-state index contributed by atoms with van der Waals surface area (Å²) in [6.07, 6.45) is 1.33. The standard InChI is InChI=1S/C14H14N2O4S/c1-2-20-14(19)9-3-5-10(6-4-9)15-11(17)7-13-16-12(18)8-21-13/h3-7H,2,8H2,1H3,(H,15,17)(H,16,18). The minimum absolute atomic E-state index is 0.113. The van der Waals surface area contributed by atoms with Crippen molar-refractivity contribution in [2.45, 2.75) is 6.92 Å². The molecule has 0 radical (unpaired) electrons. The van der Waals surface area contributed by atoms with Gasteiger partial charge in [0.2, 0.25) is 5.91 Å². The number of anilines is 1. The third-order valence-corrected chi connectivity index (χ3v) is 3.48. The minimum Gasteiger partial charge on any atom is -0.462 e. The monoisotopic (exact) mass is 306 g/mol. The Morgan fingerprint density at radius 1 is 1.38 bits per heavy atom. The number of hydrogen-bond donors (Lipinski definition) is 2. The number of rotatable bonds is 4.